The lowest BCUT2D eigenvalue weighted by molar-refractivity contribution is -0.152. The lowest BCUT2D eigenvalue weighted by Gasteiger charge is -2.30. The Hall–Kier alpha value is -1.47. The third-order valence-corrected chi connectivity index (χ3v) is 2.88. The van der Waals surface area contributed by atoms with Crippen molar-refractivity contribution in [1.29, 1.82) is 0 Å². The van der Waals surface area contributed by atoms with Crippen molar-refractivity contribution in [3.63, 3.8) is 0 Å². The van der Waals surface area contributed by atoms with Crippen LogP contribution in [0.5, 0.6) is 0 Å². The highest BCUT2D eigenvalue weighted by atomic mass is 16.4. The molecule has 0 spiro atoms. The highest BCUT2D eigenvalue weighted by Gasteiger charge is 2.48. The van der Waals surface area contributed by atoms with Gasteiger partial charge in [0.1, 0.15) is 0 Å². The molecule has 0 aromatic heterocycles. The van der Waals surface area contributed by atoms with Gasteiger partial charge in [0.25, 0.3) is 0 Å². The summed E-state index contributed by atoms with van der Waals surface area (Å²) in [6.07, 6.45) is -0.268. The van der Waals surface area contributed by atoms with E-state index in [9.17, 15) is 14.4 Å². The van der Waals surface area contributed by atoms with Crippen LogP contribution in [0.2, 0.25) is 0 Å². The van der Waals surface area contributed by atoms with Crippen LogP contribution in [0, 0.1) is 5.92 Å². The molecule has 0 aromatic rings. The molecule has 0 fully saturated rings. The minimum Gasteiger partial charge on any atom is -0.481 e. The first kappa shape index (κ1) is 15.5. The Morgan fingerprint density at radius 2 is 1.76 bits per heavy atom. The van der Waals surface area contributed by atoms with E-state index < -0.39 is 41.6 Å². The van der Waals surface area contributed by atoms with Crippen LogP contribution in [0.25, 0.3) is 0 Å². The molecule has 0 aromatic carbocycles. The SMILES string of the molecule is CC[C@@H](C)[C@@](N)(C(=O)O)C(=O)[C@H](N)CC(=O)O. The van der Waals surface area contributed by atoms with Gasteiger partial charge in [-0.2, -0.15) is 0 Å². The zero-order valence-electron chi connectivity index (χ0n) is 9.84. The molecule has 98 valence electrons. The second-order valence-corrected chi connectivity index (χ2v) is 4.05. The number of carboxylic acid groups (broad SMARTS) is 2. The number of Topliss-reactive ketones (excluding diaryl/α,β-unsaturated/α-hetero) is 1. The quantitative estimate of drug-likeness (QED) is 0.430. The summed E-state index contributed by atoms with van der Waals surface area (Å²) in [6.45, 7) is 3.20. The zero-order chi connectivity index (χ0) is 13.8. The third kappa shape index (κ3) is 3.24. The van der Waals surface area contributed by atoms with Gasteiger partial charge >= 0.3 is 11.9 Å². The van der Waals surface area contributed by atoms with Crippen molar-refractivity contribution in [3.05, 3.63) is 0 Å². The molecule has 0 aliphatic heterocycles. The van der Waals surface area contributed by atoms with Gasteiger partial charge in [0.2, 0.25) is 0 Å². The molecule has 0 saturated heterocycles. The Morgan fingerprint density at radius 1 is 1.29 bits per heavy atom. The molecular formula is C10H18N2O5. The van der Waals surface area contributed by atoms with E-state index in [2.05, 4.69) is 0 Å². The predicted octanol–water partition coefficient (Wildman–Crippen LogP) is -0.814. The van der Waals surface area contributed by atoms with E-state index in [1.165, 1.54) is 6.92 Å². The summed E-state index contributed by atoms with van der Waals surface area (Å²) in [5, 5.41) is 17.6. The summed E-state index contributed by atoms with van der Waals surface area (Å²) >= 11 is 0. The number of carbonyl (C=O) groups is 3. The highest BCUT2D eigenvalue weighted by molar-refractivity contribution is 6.10. The number of carboxylic acids is 2. The van der Waals surface area contributed by atoms with Crippen molar-refractivity contribution in [2.75, 3.05) is 0 Å². The van der Waals surface area contributed by atoms with Crippen molar-refractivity contribution in [3.8, 4) is 0 Å². The number of hydrogen-bond donors (Lipinski definition) is 4. The summed E-state index contributed by atoms with van der Waals surface area (Å²) < 4.78 is 0. The van der Waals surface area contributed by atoms with E-state index in [0.717, 1.165) is 0 Å². The van der Waals surface area contributed by atoms with Crippen LogP contribution in [0.15, 0.2) is 0 Å². The zero-order valence-corrected chi connectivity index (χ0v) is 9.84. The molecule has 0 unspecified atom stereocenters. The number of aliphatic carboxylic acids is 2. The maximum atomic E-state index is 11.8. The molecule has 6 N–H and O–H groups in total. The lowest BCUT2D eigenvalue weighted by atomic mass is 9.78. The summed E-state index contributed by atoms with van der Waals surface area (Å²) in [5.74, 6) is -4.35. The van der Waals surface area contributed by atoms with Gasteiger partial charge in [0, 0.05) is 0 Å². The van der Waals surface area contributed by atoms with Crippen LogP contribution < -0.4 is 11.5 Å². The van der Waals surface area contributed by atoms with Crippen LogP contribution in [0.4, 0.5) is 0 Å². The molecule has 17 heavy (non-hydrogen) atoms. The standard InChI is InChI=1S/C10H18N2O5/c1-3-5(2)10(12,9(16)17)8(15)6(11)4-7(13)14/h5-6H,3-4,11-12H2,1-2H3,(H,13,14)(H,16,17)/t5-,6-,10+/m1/s1. The molecule has 0 rings (SSSR count). The van der Waals surface area contributed by atoms with Gasteiger partial charge in [-0.1, -0.05) is 20.3 Å². The number of carbonyl (C=O) groups excluding carboxylic acids is 1. The summed E-state index contributed by atoms with van der Waals surface area (Å²) in [7, 11) is 0. The van der Waals surface area contributed by atoms with Gasteiger partial charge < -0.3 is 21.7 Å². The summed E-state index contributed by atoms with van der Waals surface area (Å²) in [5.41, 5.74) is 8.82. The first-order chi connectivity index (χ1) is 7.67. The largest absolute Gasteiger partial charge is 0.481 e. The first-order valence-electron chi connectivity index (χ1n) is 5.21. The first-order valence-corrected chi connectivity index (χ1v) is 5.21. The van der Waals surface area contributed by atoms with Crippen LogP contribution in [0.1, 0.15) is 26.7 Å². The Balaban J connectivity index is 5.14. The molecular weight excluding hydrogens is 228 g/mol. The van der Waals surface area contributed by atoms with Crippen molar-refractivity contribution < 1.29 is 24.6 Å². The normalized spacial score (nSPS) is 17.9. The van der Waals surface area contributed by atoms with E-state index in [4.69, 9.17) is 21.7 Å². The molecule has 0 bridgehead atoms. The maximum absolute atomic E-state index is 11.8. The van der Waals surface area contributed by atoms with Gasteiger partial charge in [0.15, 0.2) is 11.3 Å². The Morgan fingerprint density at radius 3 is 2.06 bits per heavy atom. The van der Waals surface area contributed by atoms with Crippen LogP contribution in [0.3, 0.4) is 0 Å². The smallest absolute Gasteiger partial charge is 0.331 e. The fourth-order valence-corrected chi connectivity index (χ4v) is 1.47. The third-order valence-electron chi connectivity index (χ3n) is 2.88. The summed E-state index contributed by atoms with van der Waals surface area (Å²) in [6, 6.07) is -1.41. The molecule has 0 saturated carbocycles. The summed E-state index contributed by atoms with van der Waals surface area (Å²) in [4.78, 5) is 33.4. The Kier molecular flexibility index (Phi) is 5.24. The van der Waals surface area contributed by atoms with Gasteiger partial charge in [-0.15, -0.1) is 0 Å². The molecule has 0 heterocycles. The molecule has 0 aliphatic rings. The average Bonchev–Trinajstić information content (AvgIpc) is 2.24. The number of hydrogen-bond acceptors (Lipinski definition) is 5. The molecule has 7 nitrogen and oxygen atoms in total. The topological polar surface area (TPSA) is 144 Å². The van der Waals surface area contributed by atoms with E-state index in [1.807, 2.05) is 0 Å². The number of nitrogens with two attached hydrogens (primary N) is 2. The van der Waals surface area contributed by atoms with E-state index in [1.54, 1.807) is 6.92 Å². The molecule has 0 amide bonds. The monoisotopic (exact) mass is 246 g/mol. The van der Waals surface area contributed by atoms with Crippen molar-refractivity contribution in [1.82, 2.24) is 0 Å². The number of rotatable bonds is 7. The average molecular weight is 246 g/mol. The minimum absolute atomic E-state index is 0.369. The second-order valence-electron chi connectivity index (χ2n) is 4.05. The van der Waals surface area contributed by atoms with Gasteiger partial charge in [0.05, 0.1) is 12.5 Å². The number of ketones is 1. The fourth-order valence-electron chi connectivity index (χ4n) is 1.47. The molecule has 3 atom stereocenters. The van der Waals surface area contributed by atoms with Gasteiger partial charge in [-0.05, 0) is 5.92 Å². The van der Waals surface area contributed by atoms with E-state index >= 15 is 0 Å². The lowest BCUT2D eigenvalue weighted by Crippen LogP contribution is -2.64. The van der Waals surface area contributed by atoms with E-state index in [0.29, 0.717) is 6.42 Å². The van der Waals surface area contributed by atoms with Crippen molar-refractivity contribution in [2.45, 2.75) is 38.3 Å². The van der Waals surface area contributed by atoms with Crippen LogP contribution in [-0.4, -0.2) is 39.5 Å². The molecule has 0 radical (unpaired) electrons. The van der Waals surface area contributed by atoms with Crippen LogP contribution in [-0.2, 0) is 14.4 Å². The second kappa shape index (κ2) is 5.74. The Labute approximate surface area is 98.8 Å². The highest BCUT2D eigenvalue weighted by Crippen LogP contribution is 2.21. The minimum atomic E-state index is -2.14. The van der Waals surface area contributed by atoms with Crippen LogP contribution >= 0.6 is 0 Å². The van der Waals surface area contributed by atoms with Gasteiger partial charge in [-0.3, -0.25) is 9.59 Å². The fraction of sp³-hybridized carbons (Fsp3) is 0.700. The van der Waals surface area contributed by atoms with E-state index in [-0.39, 0.29) is 0 Å². The molecule has 0 aliphatic carbocycles. The van der Waals surface area contributed by atoms with Crippen molar-refractivity contribution in [2.24, 2.45) is 17.4 Å². The van der Waals surface area contributed by atoms with Crippen molar-refractivity contribution >= 4 is 17.7 Å². The maximum Gasteiger partial charge on any atom is 0.331 e. The molecule has 7 heteroatoms. The predicted molar refractivity (Wildman–Crippen MR) is 59.2 cm³/mol. The van der Waals surface area contributed by atoms with Gasteiger partial charge in [-0.25, -0.2) is 4.79 Å². The Bertz CT molecular complexity index is 331.